The molecular formula is C16H22O. The maximum absolute atomic E-state index is 12.1. The molecule has 0 aliphatic heterocycles. The van der Waals surface area contributed by atoms with E-state index in [2.05, 4.69) is 32.0 Å². The van der Waals surface area contributed by atoms with Gasteiger partial charge in [0.15, 0.2) is 0 Å². The lowest BCUT2D eigenvalue weighted by atomic mass is 9.92. The highest BCUT2D eigenvalue weighted by atomic mass is 16.1. The number of Topliss-reactive ketones (excluding diaryl/α,β-unsaturated/α-hetero) is 1. The summed E-state index contributed by atoms with van der Waals surface area (Å²) < 4.78 is 0. The molecule has 1 heteroatoms. The molecule has 0 aromatic heterocycles. The van der Waals surface area contributed by atoms with E-state index in [0.29, 0.717) is 12.2 Å². The van der Waals surface area contributed by atoms with Crippen LogP contribution < -0.4 is 0 Å². The van der Waals surface area contributed by atoms with Gasteiger partial charge in [0.1, 0.15) is 5.78 Å². The molecule has 0 spiro atoms. The van der Waals surface area contributed by atoms with Gasteiger partial charge < -0.3 is 0 Å². The first-order valence-corrected chi connectivity index (χ1v) is 6.88. The van der Waals surface area contributed by atoms with Crippen molar-refractivity contribution in [2.24, 2.45) is 5.92 Å². The van der Waals surface area contributed by atoms with Gasteiger partial charge in [-0.3, -0.25) is 4.79 Å². The van der Waals surface area contributed by atoms with Crippen molar-refractivity contribution in [3.05, 3.63) is 34.9 Å². The summed E-state index contributed by atoms with van der Waals surface area (Å²) in [6, 6.07) is 6.62. The van der Waals surface area contributed by atoms with Crippen LogP contribution in [0.2, 0.25) is 0 Å². The van der Waals surface area contributed by atoms with Crippen LogP contribution in [0.5, 0.6) is 0 Å². The molecule has 0 N–H and O–H groups in total. The Kier molecular flexibility index (Phi) is 3.98. The number of hydrogen-bond donors (Lipinski definition) is 0. The highest BCUT2D eigenvalue weighted by molar-refractivity contribution is 5.83. The first kappa shape index (κ1) is 12.3. The fraction of sp³-hybridized carbons (Fsp3) is 0.562. The zero-order valence-electron chi connectivity index (χ0n) is 11.0. The van der Waals surface area contributed by atoms with E-state index < -0.39 is 0 Å². The zero-order chi connectivity index (χ0) is 12.3. The van der Waals surface area contributed by atoms with E-state index in [0.717, 1.165) is 12.8 Å². The Balaban J connectivity index is 2.06. The van der Waals surface area contributed by atoms with Crippen molar-refractivity contribution >= 4 is 5.78 Å². The van der Waals surface area contributed by atoms with Crippen LogP contribution >= 0.6 is 0 Å². The third kappa shape index (κ3) is 2.77. The number of carbonyl (C=O) groups excluding carboxylic acids is 1. The number of carbonyl (C=O) groups is 1. The number of fused-ring (bicyclic) bond motifs is 1. The minimum absolute atomic E-state index is 0.253. The second-order valence-corrected chi connectivity index (χ2v) is 5.11. The van der Waals surface area contributed by atoms with Crippen LogP contribution in [-0.4, -0.2) is 5.78 Å². The summed E-state index contributed by atoms with van der Waals surface area (Å²) in [5, 5.41) is 0. The Hall–Kier alpha value is -1.11. The molecule has 0 atom stereocenters. The molecule has 92 valence electrons. The molecule has 0 saturated carbocycles. The van der Waals surface area contributed by atoms with Gasteiger partial charge in [-0.2, -0.15) is 0 Å². The normalized spacial score (nSPS) is 14.1. The minimum atomic E-state index is 0.253. The van der Waals surface area contributed by atoms with Gasteiger partial charge in [-0.15, -0.1) is 0 Å². The zero-order valence-corrected chi connectivity index (χ0v) is 11.0. The number of ketones is 1. The topological polar surface area (TPSA) is 17.1 Å². The van der Waals surface area contributed by atoms with Gasteiger partial charge in [0, 0.05) is 12.3 Å². The van der Waals surface area contributed by atoms with Crippen molar-refractivity contribution in [2.75, 3.05) is 0 Å². The van der Waals surface area contributed by atoms with Crippen LogP contribution in [0.4, 0.5) is 0 Å². The van der Waals surface area contributed by atoms with Gasteiger partial charge in [0.05, 0.1) is 0 Å². The predicted molar refractivity (Wildman–Crippen MR) is 71.3 cm³/mol. The summed E-state index contributed by atoms with van der Waals surface area (Å²) in [6.45, 7) is 4.21. The van der Waals surface area contributed by atoms with Gasteiger partial charge in [-0.05, 0) is 48.8 Å². The maximum Gasteiger partial charge on any atom is 0.140 e. The van der Waals surface area contributed by atoms with Crippen molar-refractivity contribution in [3.63, 3.8) is 0 Å². The number of aryl methyl sites for hydroxylation is 2. The molecule has 0 saturated heterocycles. The van der Waals surface area contributed by atoms with Gasteiger partial charge in [-0.25, -0.2) is 0 Å². The molecule has 0 heterocycles. The van der Waals surface area contributed by atoms with Gasteiger partial charge in [0.2, 0.25) is 0 Å². The summed E-state index contributed by atoms with van der Waals surface area (Å²) in [6.07, 6.45) is 6.26. The molecule has 0 amide bonds. The molecule has 17 heavy (non-hydrogen) atoms. The Morgan fingerprint density at radius 2 is 1.88 bits per heavy atom. The largest absolute Gasteiger partial charge is 0.299 e. The standard InChI is InChI=1S/C16H22O/c1-3-13(4-2)16(17)11-12-8-9-14-6-5-7-15(14)10-12/h8-10,13H,3-7,11H2,1-2H3. The first-order valence-electron chi connectivity index (χ1n) is 6.88. The van der Waals surface area contributed by atoms with Crippen LogP contribution in [0.25, 0.3) is 0 Å². The molecule has 1 aliphatic rings. The Labute approximate surface area is 104 Å². The Morgan fingerprint density at radius 3 is 2.59 bits per heavy atom. The third-order valence-electron chi connectivity index (χ3n) is 3.98. The smallest absolute Gasteiger partial charge is 0.140 e. The molecule has 1 nitrogen and oxygen atoms in total. The van der Waals surface area contributed by atoms with Crippen LogP contribution in [0.1, 0.15) is 49.8 Å². The minimum Gasteiger partial charge on any atom is -0.299 e. The summed E-state index contributed by atoms with van der Waals surface area (Å²) in [4.78, 5) is 12.1. The molecule has 1 aromatic rings. The summed E-state index contributed by atoms with van der Waals surface area (Å²) >= 11 is 0. The van der Waals surface area contributed by atoms with E-state index in [1.54, 1.807) is 0 Å². The predicted octanol–water partition coefficient (Wildman–Crippen LogP) is 3.72. The number of benzene rings is 1. The number of rotatable bonds is 5. The van der Waals surface area contributed by atoms with E-state index >= 15 is 0 Å². The summed E-state index contributed by atoms with van der Waals surface area (Å²) in [5.41, 5.74) is 4.17. The Bertz CT molecular complexity index is 402. The molecule has 1 aliphatic carbocycles. The van der Waals surface area contributed by atoms with Crippen molar-refractivity contribution in [2.45, 2.75) is 52.4 Å². The van der Waals surface area contributed by atoms with E-state index in [1.807, 2.05) is 0 Å². The van der Waals surface area contributed by atoms with Crippen LogP contribution in [0.15, 0.2) is 18.2 Å². The van der Waals surface area contributed by atoms with Crippen LogP contribution in [0.3, 0.4) is 0 Å². The average molecular weight is 230 g/mol. The van der Waals surface area contributed by atoms with Crippen molar-refractivity contribution in [1.29, 1.82) is 0 Å². The molecule has 0 bridgehead atoms. The lowest BCUT2D eigenvalue weighted by Gasteiger charge is -2.11. The molecule has 0 unspecified atom stereocenters. The van der Waals surface area contributed by atoms with Gasteiger partial charge in [0.25, 0.3) is 0 Å². The number of hydrogen-bond acceptors (Lipinski definition) is 1. The molecule has 2 rings (SSSR count). The summed E-state index contributed by atoms with van der Waals surface area (Å²) in [7, 11) is 0. The Morgan fingerprint density at radius 1 is 1.18 bits per heavy atom. The molecular weight excluding hydrogens is 208 g/mol. The van der Waals surface area contributed by atoms with Crippen molar-refractivity contribution in [3.8, 4) is 0 Å². The van der Waals surface area contributed by atoms with E-state index in [9.17, 15) is 4.79 Å². The van der Waals surface area contributed by atoms with Crippen LogP contribution in [0, 0.1) is 5.92 Å². The van der Waals surface area contributed by atoms with E-state index in [1.165, 1.54) is 36.0 Å². The first-order chi connectivity index (χ1) is 8.24. The maximum atomic E-state index is 12.1. The molecule has 1 aromatic carbocycles. The van der Waals surface area contributed by atoms with E-state index in [4.69, 9.17) is 0 Å². The fourth-order valence-corrected chi connectivity index (χ4v) is 2.82. The second kappa shape index (κ2) is 5.48. The lowest BCUT2D eigenvalue weighted by Crippen LogP contribution is -2.15. The van der Waals surface area contributed by atoms with Crippen LogP contribution in [-0.2, 0) is 24.1 Å². The van der Waals surface area contributed by atoms with E-state index in [-0.39, 0.29) is 5.92 Å². The van der Waals surface area contributed by atoms with Crippen molar-refractivity contribution < 1.29 is 4.79 Å². The molecule has 0 radical (unpaired) electrons. The highest BCUT2D eigenvalue weighted by Gasteiger charge is 2.16. The SMILES string of the molecule is CCC(CC)C(=O)Cc1ccc2c(c1)CCC2. The highest BCUT2D eigenvalue weighted by Crippen LogP contribution is 2.23. The quantitative estimate of drug-likeness (QED) is 0.753. The average Bonchev–Trinajstić information content (AvgIpc) is 2.77. The molecule has 0 fully saturated rings. The van der Waals surface area contributed by atoms with Gasteiger partial charge in [-0.1, -0.05) is 32.0 Å². The monoisotopic (exact) mass is 230 g/mol. The lowest BCUT2D eigenvalue weighted by molar-refractivity contribution is -0.122. The third-order valence-corrected chi connectivity index (χ3v) is 3.98. The second-order valence-electron chi connectivity index (χ2n) is 5.11. The van der Waals surface area contributed by atoms with Crippen molar-refractivity contribution in [1.82, 2.24) is 0 Å². The summed E-state index contributed by atoms with van der Waals surface area (Å²) in [5.74, 6) is 0.663. The van der Waals surface area contributed by atoms with Gasteiger partial charge >= 0.3 is 0 Å². The fourth-order valence-electron chi connectivity index (χ4n) is 2.82.